The van der Waals surface area contributed by atoms with Crippen molar-refractivity contribution in [3.8, 4) is 11.5 Å². The molecule has 2 amide bonds. The van der Waals surface area contributed by atoms with Gasteiger partial charge in [-0.2, -0.15) is 0 Å². The number of carbonyl (C=O) groups is 1. The molecule has 1 unspecified atom stereocenters. The molecule has 1 saturated carbocycles. The normalized spacial score (nSPS) is 20.3. The highest BCUT2D eigenvalue weighted by molar-refractivity contribution is 5.76. The van der Waals surface area contributed by atoms with Crippen LogP contribution in [0, 0.1) is 0 Å². The van der Waals surface area contributed by atoms with Crippen LogP contribution in [0.5, 0.6) is 11.5 Å². The molecule has 1 atom stereocenters. The zero-order valence-electron chi connectivity index (χ0n) is 18.9. The van der Waals surface area contributed by atoms with Gasteiger partial charge in [0.15, 0.2) is 11.5 Å². The first-order valence-electron chi connectivity index (χ1n) is 11.9. The number of carbonyl (C=O) groups excluding carboxylic acids is 1. The minimum Gasteiger partial charge on any atom is -0.454 e. The third kappa shape index (κ3) is 4.29. The highest BCUT2D eigenvalue weighted by Gasteiger charge is 2.34. The fourth-order valence-corrected chi connectivity index (χ4v) is 5.37. The Morgan fingerprint density at radius 3 is 2.62 bits per heavy atom. The Kier molecular flexibility index (Phi) is 6.21. The van der Waals surface area contributed by atoms with Crippen LogP contribution in [0.2, 0.25) is 0 Å². The van der Waals surface area contributed by atoms with Gasteiger partial charge in [-0.1, -0.05) is 49.6 Å². The van der Waals surface area contributed by atoms with Crippen molar-refractivity contribution in [3.63, 3.8) is 0 Å². The van der Waals surface area contributed by atoms with Crippen LogP contribution < -0.4 is 14.8 Å². The molecule has 170 valence electrons. The predicted molar refractivity (Wildman–Crippen MR) is 124 cm³/mol. The molecule has 0 spiro atoms. The van der Waals surface area contributed by atoms with Gasteiger partial charge in [0.1, 0.15) is 0 Å². The maximum Gasteiger partial charge on any atom is 0.318 e. The SMILES string of the molecule is CN(CCNC(=O)N1CCc2cc3c(cc2C1c1ccccc1)OCO3)C1CCCCC1. The number of nitrogens with one attached hydrogen (secondary N) is 1. The minimum absolute atomic E-state index is 0.000728. The van der Waals surface area contributed by atoms with Crippen LogP contribution in [-0.2, 0) is 6.42 Å². The van der Waals surface area contributed by atoms with Crippen molar-refractivity contribution < 1.29 is 14.3 Å². The van der Waals surface area contributed by atoms with Gasteiger partial charge in [-0.3, -0.25) is 0 Å². The molecule has 5 rings (SSSR count). The molecule has 2 aromatic rings. The lowest BCUT2D eigenvalue weighted by Gasteiger charge is -2.38. The van der Waals surface area contributed by atoms with Crippen molar-refractivity contribution in [1.82, 2.24) is 15.1 Å². The first-order chi connectivity index (χ1) is 15.7. The average Bonchev–Trinajstić information content (AvgIpc) is 3.30. The summed E-state index contributed by atoms with van der Waals surface area (Å²) >= 11 is 0. The molecule has 32 heavy (non-hydrogen) atoms. The first kappa shape index (κ1) is 21.1. The number of nitrogens with zero attached hydrogens (tertiary/aromatic N) is 2. The third-order valence-corrected chi connectivity index (χ3v) is 7.18. The number of hydrogen-bond donors (Lipinski definition) is 1. The van der Waals surface area contributed by atoms with E-state index in [1.165, 1.54) is 37.7 Å². The maximum absolute atomic E-state index is 13.3. The lowest BCUT2D eigenvalue weighted by Crippen LogP contribution is -2.48. The van der Waals surface area contributed by atoms with Crippen molar-refractivity contribution in [3.05, 3.63) is 59.2 Å². The van der Waals surface area contributed by atoms with Crippen LogP contribution >= 0.6 is 0 Å². The van der Waals surface area contributed by atoms with Gasteiger partial charge < -0.3 is 24.6 Å². The van der Waals surface area contributed by atoms with Crippen LogP contribution in [0.25, 0.3) is 0 Å². The van der Waals surface area contributed by atoms with E-state index < -0.39 is 0 Å². The molecule has 0 bridgehead atoms. The Hall–Kier alpha value is -2.73. The summed E-state index contributed by atoms with van der Waals surface area (Å²) in [6.07, 6.45) is 7.38. The number of likely N-dealkylation sites (N-methyl/N-ethyl adjacent to an activating group) is 1. The average molecular weight is 436 g/mol. The van der Waals surface area contributed by atoms with Gasteiger partial charge in [0.25, 0.3) is 0 Å². The summed E-state index contributed by atoms with van der Waals surface area (Å²) in [5.41, 5.74) is 3.46. The van der Waals surface area contributed by atoms with Gasteiger partial charge in [-0.05, 0) is 55.1 Å². The molecule has 0 aromatic heterocycles. The van der Waals surface area contributed by atoms with Crippen LogP contribution in [-0.4, -0.2) is 55.3 Å². The monoisotopic (exact) mass is 435 g/mol. The minimum atomic E-state index is -0.134. The Morgan fingerprint density at radius 1 is 1.09 bits per heavy atom. The lowest BCUT2D eigenvalue weighted by molar-refractivity contribution is 0.170. The molecule has 0 radical (unpaired) electrons. The highest BCUT2D eigenvalue weighted by Crippen LogP contribution is 2.42. The van der Waals surface area contributed by atoms with Crippen LogP contribution in [0.3, 0.4) is 0 Å². The third-order valence-electron chi connectivity index (χ3n) is 7.18. The van der Waals surface area contributed by atoms with Crippen molar-refractivity contribution in [2.24, 2.45) is 0 Å². The number of benzene rings is 2. The van der Waals surface area contributed by atoms with Crippen molar-refractivity contribution >= 4 is 6.03 Å². The van der Waals surface area contributed by atoms with E-state index in [0.29, 0.717) is 19.1 Å². The van der Waals surface area contributed by atoms with Crippen molar-refractivity contribution in [2.75, 3.05) is 33.5 Å². The van der Waals surface area contributed by atoms with Gasteiger partial charge in [0.2, 0.25) is 6.79 Å². The number of ether oxygens (including phenoxy) is 2. The summed E-state index contributed by atoms with van der Waals surface area (Å²) in [4.78, 5) is 17.7. The van der Waals surface area contributed by atoms with E-state index in [-0.39, 0.29) is 18.9 Å². The van der Waals surface area contributed by atoms with E-state index in [1.807, 2.05) is 23.1 Å². The molecule has 0 saturated heterocycles. The van der Waals surface area contributed by atoms with E-state index in [4.69, 9.17) is 9.47 Å². The summed E-state index contributed by atoms with van der Waals surface area (Å²) in [5.74, 6) is 1.57. The first-order valence-corrected chi connectivity index (χ1v) is 11.9. The summed E-state index contributed by atoms with van der Waals surface area (Å²) < 4.78 is 11.2. The Bertz CT molecular complexity index is 943. The van der Waals surface area contributed by atoms with Crippen LogP contribution in [0.1, 0.15) is 54.8 Å². The molecule has 6 nitrogen and oxygen atoms in total. The second-order valence-corrected chi connectivity index (χ2v) is 9.17. The zero-order chi connectivity index (χ0) is 21.9. The van der Waals surface area contributed by atoms with E-state index in [2.05, 4.69) is 41.5 Å². The zero-order valence-corrected chi connectivity index (χ0v) is 18.9. The summed E-state index contributed by atoms with van der Waals surface area (Å²) in [6.45, 7) is 2.48. The quantitative estimate of drug-likeness (QED) is 0.759. The number of amides is 2. The standard InChI is InChI=1S/C26H33N3O3/c1-28(21-10-6-3-7-11-21)15-13-27-26(30)29-14-12-20-16-23-24(32-18-31-23)17-22(20)25(29)19-8-4-2-5-9-19/h2,4-5,8-9,16-17,21,25H,3,6-7,10-15,18H2,1H3,(H,27,30). The lowest BCUT2D eigenvalue weighted by atomic mass is 9.88. The summed E-state index contributed by atoms with van der Waals surface area (Å²) in [6, 6.07) is 14.9. The van der Waals surface area contributed by atoms with Gasteiger partial charge >= 0.3 is 6.03 Å². The second kappa shape index (κ2) is 9.41. The van der Waals surface area contributed by atoms with Crippen molar-refractivity contribution in [2.45, 2.75) is 50.6 Å². The summed E-state index contributed by atoms with van der Waals surface area (Å²) in [5, 5.41) is 3.19. The maximum atomic E-state index is 13.3. The Labute approximate surface area is 190 Å². The van der Waals surface area contributed by atoms with Gasteiger partial charge in [0.05, 0.1) is 6.04 Å². The number of fused-ring (bicyclic) bond motifs is 2. The molecular formula is C26H33N3O3. The smallest absolute Gasteiger partial charge is 0.318 e. The van der Waals surface area contributed by atoms with Crippen LogP contribution in [0.15, 0.2) is 42.5 Å². The summed E-state index contributed by atoms with van der Waals surface area (Å²) in [7, 11) is 2.19. The Morgan fingerprint density at radius 2 is 1.84 bits per heavy atom. The fourth-order valence-electron chi connectivity index (χ4n) is 5.37. The van der Waals surface area contributed by atoms with E-state index in [9.17, 15) is 4.79 Å². The fraction of sp³-hybridized carbons (Fsp3) is 0.500. The number of rotatable bonds is 5. The largest absolute Gasteiger partial charge is 0.454 e. The molecule has 1 aliphatic carbocycles. The predicted octanol–water partition coefficient (Wildman–Crippen LogP) is 4.34. The highest BCUT2D eigenvalue weighted by atomic mass is 16.7. The molecule has 1 N–H and O–H groups in total. The number of hydrogen-bond acceptors (Lipinski definition) is 4. The molecule has 2 heterocycles. The second-order valence-electron chi connectivity index (χ2n) is 9.17. The van der Waals surface area contributed by atoms with E-state index in [1.54, 1.807) is 0 Å². The van der Waals surface area contributed by atoms with Gasteiger partial charge in [-0.15, -0.1) is 0 Å². The van der Waals surface area contributed by atoms with Gasteiger partial charge in [0, 0.05) is 25.7 Å². The topological polar surface area (TPSA) is 54.0 Å². The molecule has 1 fully saturated rings. The van der Waals surface area contributed by atoms with Crippen LogP contribution in [0.4, 0.5) is 4.79 Å². The van der Waals surface area contributed by atoms with E-state index in [0.717, 1.165) is 35.6 Å². The molecule has 2 aromatic carbocycles. The van der Waals surface area contributed by atoms with Crippen molar-refractivity contribution in [1.29, 1.82) is 0 Å². The molecular weight excluding hydrogens is 402 g/mol. The van der Waals surface area contributed by atoms with Gasteiger partial charge in [-0.25, -0.2) is 4.79 Å². The van der Waals surface area contributed by atoms with E-state index >= 15 is 0 Å². The molecule has 2 aliphatic heterocycles. The molecule has 6 heteroatoms. The Balaban J connectivity index is 1.31. The molecule has 3 aliphatic rings. The number of urea groups is 1.